The summed E-state index contributed by atoms with van der Waals surface area (Å²) in [6, 6.07) is 23.0. The third-order valence-electron chi connectivity index (χ3n) is 5.86. The van der Waals surface area contributed by atoms with Crippen LogP contribution in [0.25, 0.3) is 10.9 Å². The molecule has 0 saturated carbocycles. The van der Waals surface area contributed by atoms with E-state index < -0.39 is 5.97 Å². The van der Waals surface area contributed by atoms with E-state index in [0.717, 1.165) is 36.1 Å². The minimum atomic E-state index is -0.437. The van der Waals surface area contributed by atoms with Crippen molar-refractivity contribution in [2.75, 3.05) is 27.2 Å². The second-order valence-electron chi connectivity index (χ2n) is 8.47. The van der Waals surface area contributed by atoms with Gasteiger partial charge in [0.2, 0.25) is 0 Å². The number of nitrogens with one attached hydrogen (secondary N) is 1. The molecule has 1 aromatic heterocycles. The zero-order chi connectivity index (χ0) is 24.8. The van der Waals surface area contributed by atoms with Crippen molar-refractivity contribution in [2.45, 2.75) is 13.0 Å². The summed E-state index contributed by atoms with van der Waals surface area (Å²) < 4.78 is 4.82. The van der Waals surface area contributed by atoms with Crippen LogP contribution in [0.15, 0.2) is 77.8 Å². The van der Waals surface area contributed by atoms with Crippen LogP contribution < -0.4 is 5.73 Å². The Labute approximate surface area is 204 Å². The quantitative estimate of drug-likeness (QED) is 0.245. The van der Waals surface area contributed by atoms with Gasteiger partial charge in [0.15, 0.2) is 5.88 Å². The predicted molar refractivity (Wildman–Crippen MR) is 139 cm³/mol. The third-order valence-corrected chi connectivity index (χ3v) is 5.86. The number of aromatic hydroxyl groups is 1. The minimum Gasteiger partial charge on any atom is -0.494 e. The van der Waals surface area contributed by atoms with E-state index in [1.165, 1.54) is 12.7 Å². The van der Waals surface area contributed by atoms with Crippen molar-refractivity contribution in [3.05, 3.63) is 95.1 Å². The molecule has 4 N–H and O–H groups in total. The molecule has 7 heteroatoms. The van der Waals surface area contributed by atoms with Crippen molar-refractivity contribution in [2.24, 2.45) is 10.7 Å². The lowest BCUT2D eigenvalue weighted by atomic mass is 10.00. The molecule has 0 fully saturated rings. The first-order chi connectivity index (χ1) is 17.0. The number of fused-ring (bicyclic) bond motifs is 1. The Balaban J connectivity index is 1.73. The second-order valence-corrected chi connectivity index (χ2v) is 8.47. The number of carbonyl (C=O) groups is 1. The number of hydrogen-bond donors (Lipinski definition) is 3. The fraction of sp³-hybridized carbons (Fsp3) is 0.214. The summed E-state index contributed by atoms with van der Waals surface area (Å²) in [5, 5.41) is 11.6. The van der Waals surface area contributed by atoms with Crippen molar-refractivity contribution >= 4 is 28.3 Å². The van der Waals surface area contributed by atoms with Crippen LogP contribution in [-0.2, 0) is 11.3 Å². The van der Waals surface area contributed by atoms with Crippen molar-refractivity contribution in [1.29, 1.82) is 0 Å². The van der Waals surface area contributed by atoms with Gasteiger partial charge < -0.3 is 25.5 Å². The standard InChI is InChI=1S/C28H30N4O3/c1-32(16-6-15-29)18-19-9-12-22(13-10-19)30-26(20-7-4-3-5-8-20)25-23-14-11-21(28(34)35-2)17-24(23)31-27(25)33/h3-5,7-14,17,31,33H,6,15-16,18,29H2,1-2H3. The number of aromatic nitrogens is 1. The predicted octanol–water partition coefficient (Wildman–Crippen LogP) is 4.61. The van der Waals surface area contributed by atoms with Gasteiger partial charge in [-0.05, 0) is 56.4 Å². The number of rotatable bonds is 9. The van der Waals surface area contributed by atoms with E-state index in [-0.39, 0.29) is 5.88 Å². The van der Waals surface area contributed by atoms with E-state index in [1.807, 2.05) is 42.5 Å². The molecule has 0 amide bonds. The van der Waals surface area contributed by atoms with Gasteiger partial charge in [-0.1, -0.05) is 48.5 Å². The average molecular weight is 471 g/mol. The van der Waals surface area contributed by atoms with Gasteiger partial charge in [0.25, 0.3) is 0 Å². The largest absolute Gasteiger partial charge is 0.494 e. The molecule has 4 aromatic rings. The number of benzene rings is 3. The number of ether oxygens (including phenoxy) is 1. The number of nitrogens with zero attached hydrogens (tertiary/aromatic N) is 2. The maximum atomic E-state index is 12.0. The fourth-order valence-electron chi connectivity index (χ4n) is 4.09. The summed E-state index contributed by atoms with van der Waals surface area (Å²) in [5.41, 5.74) is 10.7. The van der Waals surface area contributed by atoms with Crippen LogP contribution in [0, 0.1) is 0 Å². The summed E-state index contributed by atoms with van der Waals surface area (Å²) >= 11 is 0. The number of aliphatic imine (C=N–C) groups is 1. The molecule has 0 saturated heterocycles. The highest BCUT2D eigenvalue weighted by atomic mass is 16.5. The first kappa shape index (κ1) is 24.2. The lowest BCUT2D eigenvalue weighted by molar-refractivity contribution is 0.0601. The Morgan fingerprint density at radius 2 is 1.80 bits per heavy atom. The summed E-state index contributed by atoms with van der Waals surface area (Å²) in [4.78, 5) is 22.1. The van der Waals surface area contributed by atoms with Crippen LogP contribution in [0.3, 0.4) is 0 Å². The van der Waals surface area contributed by atoms with Crippen LogP contribution in [0.5, 0.6) is 5.88 Å². The molecule has 0 aliphatic carbocycles. The maximum Gasteiger partial charge on any atom is 0.337 e. The number of H-pyrrole nitrogens is 1. The Morgan fingerprint density at radius 1 is 1.06 bits per heavy atom. The molecule has 0 unspecified atom stereocenters. The van der Waals surface area contributed by atoms with E-state index >= 15 is 0 Å². The number of methoxy groups -OCH3 is 1. The molecule has 3 aromatic carbocycles. The van der Waals surface area contributed by atoms with Crippen LogP contribution in [0.2, 0.25) is 0 Å². The Bertz CT molecular complexity index is 1330. The average Bonchev–Trinajstić information content (AvgIpc) is 3.21. The first-order valence-electron chi connectivity index (χ1n) is 11.5. The van der Waals surface area contributed by atoms with Crippen LogP contribution in [0.4, 0.5) is 5.69 Å². The number of carbonyl (C=O) groups excluding carboxylic acids is 1. The molecule has 4 rings (SSSR count). The van der Waals surface area contributed by atoms with Gasteiger partial charge in [-0.2, -0.15) is 0 Å². The molecular formula is C28H30N4O3. The highest BCUT2D eigenvalue weighted by molar-refractivity contribution is 6.22. The lowest BCUT2D eigenvalue weighted by Gasteiger charge is -2.16. The molecule has 0 spiro atoms. The van der Waals surface area contributed by atoms with Gasteiger partial charge in [-0.3, -0.25) is 0 Å². The molecule has 7 nitrogen and oxygen atoms in total. The van der Waals surface area contributed by atoms with Crippen molar-refractivity contribution in [3.63, 3.8) is 0 Å². The van der Waals surface area contributed by atoms with Gasteiger partial charge in [-0.15, -0.1) is 0 Å². The molecule has 0 bridgehead atoms. The first-order valence-corrected chi connectivity index (χ1v) is 11.5. The smallest absolute Gasteiger partial charge is 0.337 e. The van der Waals surface area contributed by atoms with E-state index in [2.05, 4.69) is 29.1 Å². The van der Waals surface area contributed by atoms with E-state index in [4.69, 9.17) is 15.5 Å². The fourth-order valence-corrected chi connectivity index (χ4v) is 4.09. The van der Waals surface area contributed by atoms with Gasteiger partial charge in [0.05, 0.1) is 29.6 Å². The molecule has 1 heterocycles. The zero-order valence-electron chi connectivity index (χ0n) is 20.0. The van der Waals surface area contributed by atoms with Crippen molar-refractivity contribution in [3.8, 4) is 5.88 Å². The summed E-state index contributed by atoms with van der Waals surface area (Å²) in [5.74, 6) is -0.448. The van der Waals surface area contributed by atoms with Crippen molar-refractivity contribution in [1.82, 2.24) is 9.88 Å². The number of nitrogens with two attached hydrogens (primary N) is 1. The SMILES string of the molecule is COC(=O)c1ccc2c(C(=Nc3ccc(CN(C)CCCN)cc3)c3ccccc3)c(O)[nH]c2c1. The van der Waals surface area contributed by atoms with Crippen LogP contribution in [0.1, 0.15) is 33.5 Å². The highest BCUT2D eigenvalue weighted by Gasteiger charge is 2.20. The van der Waals surface area contributed by atoms with Crippen molar-refractivity contribution < 1.29 is 14.6 Å². The monoisotopic (exact) mass is 470 g/mol. The molecule has 0 radical (unpaired) electrons. The number of hydrogen-bond acceptors (Lipinski definition) is 6. The second kappa shape index (κ2) is 11.0. The molecule has 35 heavy (non-hydrogen) atoms. The highest BCUT2D eigenvalue weighted by Crippen LogP contribution is 2.32. The maximum absolute atomic E-state index is 12.0. The van der Waals surface area contributed by atoms with Gasteiger partial charge >= 0.3 is 5.97 Å². The number of esters is 1. The van der Waals surface area contributed by atoms with E-state index in [0.29, 0.717) is 28.9 Å². The van der Waals surface area contributed by atoms with Gasteiger partial charge in [0.1, 0.15) is 0 Å². The summed E-state index contributed by atoms with van der Waals surface area (Å²) in [6.07, 6.45) is 0.967. The Hall–Kier alpha value is -3.94. The van der Waals surface area contributed by atoms with Crippen LogP contribution >= 0.6 is 0 Å². The normalized spacial score (nSPS) is 11.8. The Kier molecular flexibility index (Phi) is 7.60. The van der Waals surface area contributed by atoms with Crippen LogP contribution in [-0.4, -0.2) is 53.9 Å². The van der Waals surface area contributed by atoms with Gasteiger partial charge in [0, 0.05) is 23.0 Å². The number of aromatic amines is 1. The zero-order valence-corrected chi connectivity index (χ0v) is 20.0. The molecule has 180 valence electrons. The third kappa shape index (κ3) is 5.59. The van der Waals surface area contributed by atoms with E-state index in [9.17, 15) is 9.90 Å². The molecule has 0 aliphatic rings. The molecule has 0 atom stereocenters. The molecule has 0 aliphatic heterocycles. The Morgan fingerprint density at radius 3 is 2.49 bits per heavy atom. The minimum absolute atomic E-state index is 0.0113. The topological polar surface area (TPSA) is 104 Å². The van der Waals surface area contributed by atoms with E-state index in [1.54, 1.807) is 18.2 Å². The lowest BCUT2D eigenvalue weighted by Crippen LogP contribution is -2.21. The molecular weight excluding hydrogens is 440 g/mol. The van der Waals surface area contributed by atoms with Gasteiger partial charge in [-0.25, -0.2) is 9.79 Å². The summed E-state index contributed by atoms with van der Waals surface area (Å²) in [7, 11) is 3.43. The summed E-state index contributed by atoms with van der Waals surface area (Å²) in [6.45, 7) is 2.47.